The predicted octanol–water partition coefficient (Wildman–Crippen LogP) is 2.13. The van der Waals surface area contributed by atoms with E-state index in [4.69, 9.17) is 0 Å². The van der Waals surface area contributed by atoms with Crippen molar-refractivity contribution >= 4 is 22.8 Å². The van der Waals surface area contributed by atoms with Crippen LogP contribution in [0.4, 0.5) is 0 Å². The lowest BCUT2D eigenvalue weighted by Crippen LogP contribution is -2.25. The Morgan fingerprint density at radius 1 is 1.29 bits per heavy atom. The summed E-state index contributed by atoms with van der Waals surface area (Å²) in [6, 6.07) is 8.38. The average Bonchev–Trinajstić information content (AvgIpc) is 2.70. The summed E-state index contributed by atoms with van der Waals surface area (Å²) in [7, 11) is 4.09. The summed E-state index contributed by atoms with van der Waals surface area (Å²) >= 11 is 1.28. The number of carbonyl (C=O) groups is 2. The monoisotopic (exact) mass is 306 g/mol. The minimum atomic E-state index is 0.0858. The molecule has 0 spiro atoms. The van der Waals surface area contributed by atoms with Gasteiger partial charge in [-0.15, -0.1) is 0 Å². The van der Waals surface area contributed by atoms with Crippen molar-refractivity contribution in [3.63, 3.8) is 0 Å². The van der Waals surface area contributed by atoms with Gasteiger partial charge < -0.3 is 9.80 Å². The molecule has 114 valence electrons. The van der Waals surface area contributed by atoms with E-state index in [1.165, 1.54) is 17.3 Å². The molecule has 0 N–H and O–H groups in total. The van der Waals surface area contributed by atoms with Gasteiger partial charge in [0.2, 0.25) is 5.91 Å². The van der Waals surface area contributed by atoms with Gasteiger partial charge in [0, 0.05) is 38.2 Å². The van der Waals surface area contributed by atoms with E-state index < -0.39 is 0 Å². The lowest BCUT2D eigenvalue weighted by atomic mass is 10.1. The van der Waals surface area contributed by atoms with Gasteiger partial charge in [-0.25, -0.2) is 0 Å². The zero-order valence-electron chi connectivity index (χ0n) is 12.8. The molecule has 1 aromatic carbocycles. The van der Waals surface area contributed by atoms with Crippen LogP contribution >= 0.6 is 11.8 Å². The number of likely N-dealkylation sites (tertiary alicyclic amines) is 1. The van der Waals surface area contributed by atoms with Crippen molar-refractivity contribution < 1.29 is 9.59 Å². The Morgan fingerprint density at radius 3 is 2.48 bits per heavy atom. The fourth-order valence-electron chi connectivity index (χ4n) is 2.54. The highest BCUT2D eigenvalue weighted by Gasteiger charge is 2.30. The van der Waals surface area contributed by atoms with Gasteiger partial charge in [0.15, 0.2) is 5.12 Å². The van der Waals surface area contributed by atoms with Gasteiger partial charge in [-0.05, 0) is 25.2 Å². The molecular formula is C16H22N2O2S. The number of hydrogen-bond donors (Lipinski definition) is 0. The van der Waals surface area contributed by atoms with Gasteiger partial charge in [-0.2, -0.15) is 0 Å². The number of nitrogens with zero attached hydrogens (tertiary/aromatic N) is 2. The Labute approximate surface area is 130 Å². The highest BCUT2D eigenvalue weighted by atomic mass is 32.2. The van der Waals surface area contributed by atoms with Crippen molar-refractivity contribution in [3.8, 4) is 0 Å². The minimum Gasteiger partial charge on any atom is -0.337 e. The van der Waals surface area contributed by atoms with E-state index in [-0.39, 0.29) is 16.3 Å². The molecule has 1 saturated heterocycles. The highest BCUT2D eigenvalue weighted by molar-refractivity contribution is 8.14. The van der Waals surface area contributed by atoms with Crippen LogP contribution in [0.1, 0.15) is 24.5 Å². The van der Waals surface area contributed by atoms with Crippen LogP contribution < -0.4 is 0 Å². The van der Waals surface area contributed by atoms with Crippen molar-refractivity contribution in [2.75, 3.05) is 20.6 Å². The van der Waals surface area contributed by atoms with Gasteiger partial charge >= 0.3 is 0 Å². The zero-order chi connectivity index (χ0) is 15.4. The summed E-state index contributed by atoms with van der Waals surface area (Å²) < 4.78 is 0. The van der Waals surface area contributed by atoms with Crippen LogP contribution in [0, 0.1) is 0 Å². The molecule has 2 rings (SSSR count). The van der Waals surface area contributed by atoms with Crippen molar-refractivity contribution in [2.24, 2.45) is 0 Å². The van der Waals surface area contributed by atoms with E-state index >= 15 is 0 Å². The molecule has 1 fully saturated rings. The first-order valence-corrected chi connectivity index (χ1v) is 7.99. The molecule has 5 heteroatoms. The van der Waals surface area contributed by atoms with Crippen LogP contribution in [0.2, 0.25) is 0 Å². The minimum absolute atomic E-state index is 0.0858. The molecule has 21 heavy (non-hydrogen) atoms. The topological polar surface area (TPSA) is 40.6 Å². The van der Waals surface area contributed by atoms with Crippen LogP contribution in [-0.2, 0) is 22.7 Å². The second-order valence-corrected chi connectivity index (χ2v) is 7.24. The molecule has 1 heterocycles. The standard InChI is InChI=1S/C16H22N2O2S/c1-12(19)21-15-8-16(20)18(11-15)10-14-6-4-13(5-7-14)9-17(2)3/h4-7,15H,8-11H2,1-3H3. The average molecular weight is 306 g/mol. The Hall–Kier alpha value is -1.33. The molecule has 4 nitrogen and oxygen atoms in total. The molecule has 0 radical (unpaired) electrons. The second kappa shape index (κ2) is 7.09. The molecular weight excluding hydrogens is 284 g/mol. The molecule has 0 saturated carbocycles. The van der Waals surface area contributed by atoms with Crippen molar-refractivity contribution in [3.05, 3.63) is 35.4 Å². The molecule has 1 atom stereocenters. The van der Waals surface area contributed by atoms with Crippen LogP contribution in [0.5, 0.6) is 0 Å². The first-order chi connectivity index (χ1) is 9.94. The molecule has 0 aromatic heterocycles. The normalized spacial score (nSPS) is 18.6. The lowest BCUT2D eigenvalue weighted by Gasteiger charge is -2.17. The Bertz CT molecular complexity index is 514. The van der Waals surface area contributed by atoms with Crippen LogP contribution in [0.15, 0.2) is 24.3 Å². The number of rotatable bonds is 5. The first kappa shape index (κ1) is 16.0. The van der Waals surface area contributed by atoms with E-state index in [1.54, 1.807) is 6.92 Å². The Morgan fingerprint density at radius 2 is 1.90 bits per heavy atom. The van der Waals surface area contributed by atoms with E-state index in [0.717, 1.165) is 12.1 Å². The SMILES string of the molecule is CC(=O)SC1CC(=O)N(Cc2ccc(CN(C)C)cc2)C1. The van der Waals surface area contributed by atoms with E-state index in [0.29, 0.717) is 19.5 Å². The summed E-state index contributed by atoms with van der Waals surface area (Å²) in [6.45, 7) is 3.78. The number of carbonyl (C=O) groups excluding carboxylic acids is 2. The molecule has 1 aliphatic heterocycles. The van der Waals surface area contributed by atoms with Crippen LogP contribution in [-0.4, -0.2) is 46.7 Å². The molecule has 0 aliphatic carbocycles. The van der Waals surface area contributed by atoms with Gasteiger partial charge in [-0.1, -0.05) is 36.0 Å². The quantitative estimate of drug-likeness (QED) is 0.835. The lowest BCUT2D eigenvalue weighted by molar-refractivity contribution is -0.128. The number of thioether (sulfide) groups is 1. The second-order valence-electron chi connectivity index (χ2n) is 5.76. The molecule has 1 unspecified atom stereocenters. The van der Waals surface area contributed by atoms with Gasteiger partial charge in [0.05, 0.1) is 0 Å². The van der Waals surface area contributed by atoms with Gasteiger partial charge in [0.1, 0.15) is 0 Å². The van der Waals surface area contributed by atoms with Crippen molar-refractivity contribution in [2.45, 2.75) is 31.7 Å². The summed E-state index contributed by atoms with van der Waals surface area (Å²) in [5, 5.41) is 0.200. The molecule has 1 aliphatic rings. The van der Waals surface area contributed by atoms with Crippen molar-refractivity contribution in [1.82, 2.24) is 9.80 Å². The maximum atomic E-state index is 12.0. The van der Waals surface area contributed by atoms with Gasteiger partial charge in [0.25, 0.3) is 0 Å². The maximum absolute atomic E-state index is 12.0. The maximum Gasteiger partial charge on any atom is 0.224 e. The fourth-order valence-corrected chi connectivity index (χ4v) is 3.49. The summed E-state index contributed by atoms with van der Waals surface area (Å²) in [4.78, 5) is 27.1. The Kier molecular flexibility index (Phi) is 5.42. The summed E-state index contributed by atoms with van der Waals surface area (Å²) in [6.07, 6.45) is 0.475. The highest BCUT2D eigenvalue weighted by Crippen LogP contribution is 2.25. The van der Waals surface area contributed by atoms with E-state index in [9.17, 15) is 9.59 Å². The number of hydrogen-bond acceptors (Lipinski definition) is 4. The fraction of sp³-hybridized carbons (Fsp3) is 0.500. The summed E-state index contributed by atoms with van der Waals surface area (Å²) in [5.74, 6) is 0.145. The van der Waals surface area contributed by atoms with Crippen molar-refractivity contribution in [1.29, 1.82) is 0 Å². The third-order valence-corrected chi connectivity index (χ3v) is 4.39. The number of benzene rings is 1. The molecule has 1 amide bonds. The van der Waals surface area contributed by atoms with Crippen LogP contribution in [0.25, 0.3) is 0 Å². The number of amides is 1. The van der Waals surface area contributed by atoms with Gasteiger partial charge in [-0.3, -0.25) is 9.59 Å². The molecule has 1 aromatic rings. The zero-order valence-corrected chi connectivity index (χ0v) is 13.7. The third kappa shape index (κ3) is 4.86. The molecule has 0 bridgehead atoms. The first-order valence-electron chi connectivity index (χ1n) is 7.11. The largest absolute Gasteiger partial charge is 0.337 e. The summed E-state index contributed by atoms with van der Waals surface area (Å²) in [5.41, 5.74) is 2.40. The smallest absolute Gasteiger partial charge is 0.224 e. The Balaban J connectivity index is 1.92. The van der Waals surface area contributed by atoms with E-state index in [1.807, 2.05) is 19.0 Å². The third-order valence-electron chi connectivity index (χ3n) is 3.41. The predicted molar refractivity (Wildman–Crippen MR) is 85.9 cm³/mol. The van der Waals surface area contributed by atoms with Crippen LogP contribution in [0.3, 0.4) is 0 Å². The van der Waals surface area contributed by atoms with E-state index in [2.05, 4.69) is 29.2 Å².